The van der Waals surface area contributed by atoms with Crippen molar-refractivity contribution >= 4 is 5.78 Å². The molecule has 1 heterocycles. The third-order valence-corrected chi connectivity index (χ3v) is 7.25. The average molecular weight is 583 g/mol. The fraction of sp³-hybridized carbons (Fsp3) is 0.306. The lowest BCUT2D eigenvalue weighted by Crippen LogP contribution is -2.50. The summed E-state index contributed by atoms with van der Waals surface area (Å²) in [6.07, 6.45) is -4.42. The van der Waals surface area contributed by atoms with Crippen LogP contribution < -0.4 is 0 Å². The fourth-order valence-corrected chi connectivity index (χ4v) is 5.01. The second-order valence-electron chi connectivity index (χ2n) is 10.4. The number of Topliss-reactive ketones (excluding diaryl/α,β-unsaturated/α-hetero) is 1. The summed E-state index contributed by atoms with van der Waals surface area (Å²) in [5.74, 6) is -0.365. The second kappa shape index (κ2) is 16.2. The number of hydrogen-bond donors (Lipinski definition) is 0. The first kappa shape index (κ1) is 30.8. The van der Waals surface area contributed by atoms with Gasteiger partial charge in [0.25, 0.3) is 0 Å². The summed E-state index contributed by atoms with van der Waals surface area (Å²) in [5, 5.41) is 0. The van der Waals surface area contributed by atoms with Gasteiger partial charge in [0.1, 0.15) is 18.3 Å². The zero-order valence-corrected chi connectivity index (χ0v) is 24.3. The topological polar surface area (TPSA) is 72.5 Å². The van der Waals surface area contributed by atoms with Gasteiger partial charge in [-0.2, -0.15) is 0 Å². The van der Waals surface area contributed by atoms with Crippen LogP contribution in [0.3, 0.4) is 0 Å². The van der Waals surface area contributed by atoms with Crippen molar-refractivity contribution in [3.63, 3.8) is 0 Å². The van der Waals surface area contributed by atoms with E-state index in [2.05, 4.69) is 0 Å². The van der Waals surface area contributed by atoms with Crippen LogP contribution in [0.15, 0.2) is 121 Å². The Morgan fingerprint density at radius 2 is 0.977 bits per heavy atom. The van der Waals surface area contributed by atoms with E-state index in [1.54, 1.807) is 0 Å². The highest BCUT2D eigenvalue weighted by Crippen LogP contribution is 2.28. The van der Waals surface area contributed by atoms with Crippen molar-refractivity contribution in [2.24, 2.45) is 0 Å². The van der Waals surface area contributed by atoms with Crippen molar-refractivity contribution in [1.82, 2.24) is 0 Å². The van der Waals surface area contributed by atoms with Crippen molar-refractivity contribution in [2.75, 3.05) is 13.7 Å². The molecule has 0 bridgehead atoms. The summed E-state index contributed by atoms with van der Waals surface area (Å²) in [6, 6.07) is 39.3. The molecule has 0 radical (unpaired) electrons. The van der Waals surface area contributed by atoms with E-state index in [4.69, 9.17) is 28.4 Å². The second-order valence-corrected chi connectivity index (χ2v) is 10.4. The van der Waals surface area contributed by atoms with Gasteiger partial charge in [0.2, 0.25) is 12.1 Å². The highest BCUT2D eigenvalue weighted by Gasteiger charge is 2.49. The normalized spacial score (nSPS) is 22.3. The van der Waals surface area contributed by atoms with Gasteiger partial charge in [0.15, 0.2) is 6.10 Å². The molecule has 0 unspecified atom stereocenters. The Bertz CT molecular complexity index is 1350. The Morgan fingerprint density at radius 1 is 0.558 bits per heavy atom. The van der Waals surface area contributed by atoms with Crippen LogP contribution in [-0.4, -0.2) is 50.2 Å². The van der Waals surface area contributed by atoms with Crippen LogP contribution in [0.5, 0.6) is 0 Å². The SMILES string of the molecule is CO[C@H]1O[C@H](COCc2ccccc2)[C@H](OCc2ccccc2)[C@H](OCc2ccccc2)[C@@H](OCc2ccccc2)C1=O. The maximum Gasteiger partial charge on any atom is 0.220 e. The molecule has 1 aliphatic heterocycles. The van der Waals surface area contributed by atoms with E-state index in [0.717, 1.165) is 22.3 Å². The van der Waals surface area contributed by atoms with Crippen molar-refractivity contribution in [2.45, 2.75) is 57.1 Å². The first-order chi connectivity index (χ1) is 21.2. The molecule has 0 aliphatic carbocycles. The summed E-state index contributed by atoms with van der Waals surface area (Å²) in [6.45, 7) is 1.27. The Labute approximate surface area is 253 Å². The van der Waals surface area contributed by atoms with E-state index in [9.17, 15) is 4.79 Å². The monoisotopic (exact) mass is 582 g/mol. The molecule has 1 saturated heterocycles. The maximum atomic E-state index is 13.9. The minimum absolute atomic E-state index is 0.151. The molecule has 1 aliphatic rings. The lowest BCUT2D eigenvalue weighted by Gasteiger charge is -2.33. The van der Waals surface area contributed by atoms with E-state index in [1.165, 1.54) is 7.11 Å². The first-order valence-corrected chi connectivity index (χ1v) is 14.5. The maximum absolute atomic E-state index is 13.9. The van der Waals surface area contributed by atoms with Crippen LogP contribution in [0, 0.1) is 0 Å². The molecule has 0 amide bonds. The van der Waals surface area contributed by atoms with E-state index in [0.29, 0.717) is 6.61 Å². The summed E-state index contributed by atoms with van der Waals surface area (Å²) < 4.78 is 37.5. The third kappa shape index (κ3) is 8.91. The smallest absolute Gasteiger partial charge is 0.220 e. The van der Waals surface area contributed by atoms with E-state index < -0.39 is 30.7 Å². The van der Waals surface area contributed by atoms with Gasteiger partial charge in [0.05, 0.1) is 33.0 Å². The van der Waals surface area contributed by atoms with E-state index in [-0.39, 0.29) is 32.2 Å². The molecule has 4 aromatic carbocycles. The van der Waals surface area contributed by atoms with Gasteiger partial charge >= 0.3 is 0 Å². The summed E-state index contributed by atoms with van der Waals surface area (Å²) in [5.41, 5.74) is 3.90. The van der Waals surface area contributed by atoms with Gasteiger partial charge in [0, 0.05) is 7.11 Å². The number of ketones is 1. The lowest BCUT2D eigenvalue weighted by molar-refractivity contribution is -0.206. The van der Waals surface area contributed by atoms with E-state index >= 15 is 0 Å². The van der Waals surface area contributed by atoms with Crippen LogP contribution in [-0.2, 0) is 59.6 Å². The molecular formula is C36H38O7. The Morgan fingerprint density at radius 3 is 1.44 bits per heavy atom. The quantitative estimate of drug-likeness (QED) is 0.183. The Kier molecular flexibility index (Phi) is 11.6. The predicted octanol–water partition coefficient (Wildman–Crippen LogP) is 5.90. The van der Waals surface area contributed by atoms with Gasteiger partial charge in [-0.15, -0.1) is 0 Å². The van der Waals surface area contributed by atoms with Crippen LogP contribution in [0.25, 0.3) is 0 Å². The van der Waals surface area contributed by atoms with Gasteiger partial charge in [-0.1, -0.05) is 121 Å². The number of benzene rings is 4. The highest BCUT2D eigenvalue weighted by molar-refractivity contribution is 5.87. The number of hydrogen-bond acceptors (Lipinski definition) is 7. The highest BCUT2D eigenvalue weighted by atomic mass is 16.7. The van der Waals surface area contributed by atoms with Crippen molar-refractivity contribution in [3.05, 3.63) is 144 Å². The Hall–Kier alpha value is -3.69. The van der Waals surface area contributed by atoms with Gasteiger partial charge in [-0.05, 0) is 22.3 Å². The molecule has 0 saturated carbocycles. The summed E-state index contributed by atoms with van der Waals surface area (Å²) in [7, 11) is 1.45. The third-order valence-electron chi connectivity index (χ3n) is 7.25. The first-order valence-electron chi connectivity index (χ1n) is 14.5. The van der Waals surface area contributed by atoms with Gasteiger partial charge in [-0.25, -0.2) is 0 Å². The lowest BCUT2D eigenvalue weighted by atomic mass is 10.0. The fourth-order valence-electron chi connectivity index (χ4n) is 5.01. The van der Waals surface area contributed by atoms with Gasteiger partial charge < -0.3 is 28.4 Å². The molecule has 224 valence electrons. The predicted molar refractivity (Wildman–Crippen MR) is 162 cm³/mol. The molecule has 5 atom stereocenters. The van der Waals surface area contributed by atoms with Crippen LogP contribution in [0.1, 0.15) is 22.3 Å². The van der Waals surface area contributed by atoms with E-state index in [1.807, 2.05) is 121 Å². The minimum Gasteiger partial charge on any atom is -0.374 e. The molecule has 43 heavy (non-hydrogen) atoms. The summed E-state index contributed by atoms with van der Waals surface area (Å²) >= 11 is 0. The minimum atomic E-state index is -1.18. The number of rotatable bonds is 14. The molecule has 1 fully saturated rings. The van der Waals surface area contributed by atoms with Crippen molar-refractivity contribution in [1.29, 1.82) is 0 Å². The van der Waals surface area contributed by atoms with Crippen LogP contribution in [0.4, 0.5) is 0 Å². The number of ether oxygens (including phenoxy) is 6. The number of methoxy groups -OCH3 is 1. The molecule has 4 aromatic rings. The van der Waals surface area contributed by atoms with Crippen molar-refractivity contribution in [3.8, 4) is 0 Å². The molecule has 0 N–H and O–H groups in total. The zero-order valence-electron chi connectivity index (χ0n) is 24.3. The standard InChI is InChI=1S/C36H38O7/c1-38-36-32(37)34(41-24-29-18-10-4-11-19-29)35(42-25-30-20-12-5-13-21-30)33(40-23-28-16-8-3-9-17-28)31(43-36)26-39-22-27-14-6-2-7-15-27/h2-21,31,33-36H,22-26H2,1H3/t31-,33+,34+,35+,36+/m1/s1. The van der Waals surface area contributed by atoms with Crippen LogP contribution in [0.2, 0.25) is 0 Å². The Balaban J connectivity index is 1.45. The van der Waals surface area contributed by atoms with Crippen molar-refractivity contribution < 1.29 is 33.2 Å². The largest absolute Gasteiger partial charge is 0.374 e. The molecule has 5 rings (SSSR count). The average Bonchev–Trinajstić information content (AvgIpc) is 3.17. The number of carbonyl (C=O) groups is 1. The van der Waals surface area contributed by atoms with Gasteiger partial charge in [-0.3, -0.25) is 4.79 Å². The molecule has 0 aromatic heterocycles. The molecule has 7 nitrogen and oxygen atoms in total. The van der Waals surface area contributed by atoms with Crippen LogP contribution >= 0.6 is 0 Å². The summed E-state index contributed by atoms with van der Waals surface area (Å²) in [4.78, 5) is 13.9. The molecular weight excluding hydrogens is 544 g/mol. The number of carbonyl (C=O) groups excluding carboxylic acids is 1. The molecule has 0 spiro atoms. The molecule has 7 heteroatoms. The zero-order chi connectivity index (χ0) is 29.7.